The minimum atomic E-state index is -0.296. The third-order valence-corrected chi connectivity index (χ3v) is 3.76. The van der Waals surface area contributed by atoms with Gasteiger partial charge in [-0.2, -0.15) is 0 Å². The number of hydrogen-bond acceptors (Lipinski definition) is 4. The van der Waals surface area contributed by atoms with Crippen LogP contribution in [0.1, 0.15) is 42.4 Å². The molecule has 0 saturated carbocycles. The van der Waals surface area contributed by atoms with Gasteiger partial charge in [0.25, 0.3) is 11.5 Å². The second kappa shape index (κ2) is 8.63. The second-order valence-electron chi connectivity index (χ2n) is 6.49. The van der Waals surface area contributed by atoms with Gasteiger partial charge in [-0.25, -0.2) is 0 Å². The number of nitrogens with one attached hydrogen (secondary N) is 2. The predicted octanol–water partition coefficient (Wildman–Crippen LogP) is 0.314. The second-order valence-corrected chi connectivity index (χ2v) is 6.49. The number of rotatable bonds is 7. The van der Waals surface area contributed by atoms with E-state index in [1.807, 2.05) is 20.8 Å². The van der Waals surface area contributed by atoms with Gasteiger partial charge in [0.2, 0.25) is 5.91 Å². The maximum Gasteiger partial charge on any atom is 0.253 e. The average Bonchev–Trinajstić information content (AvgIpc) is 2.48. The first-order valence-electron chi connectivity index (χ1n) is 8.16. The Labute approximate surface area is 142 Å². The summed E-state index contributed by atoms with van der Waals surface area (Å²) in [6, 6.07) is 1.37. The molecule has 0 aliphatic heterocycles. The third-order valence-electron chi connectivity index (χ3n) is 3.76. The summed E-state index contributed by atoms with van der Waals surface area (Å²) >= 11 is 0. The van der Waals surface area contributed by atoms with Crippen molar-refractivity contribution in [3.05, 3.63) is 33.2 Å². The molecule has 4 N–H and O–H groups in total. The maximum absolute atomic E-state index is 12.5. The Hall–Kier alpha value is -2.15. The Morgan fingerprint density at radius 2 is 1.88 bits per heavy atom. The molecular formula is C17H28N4O3. The van der Waals surface area contributed by atoms with Crippen LogP contribution in [0.3, 0.4) is 0 Å². The molecule has 0 aliphatic carbocycles. The fraction of sp³-hybridized carbons (Fsp3) is 0.588. The van der Waals surface area contributed by atoms with Crippen molar-refractivity contribution >= 4 is 11.8 Å². The van der Waals surface area contributed by atoms with Gasteiger partial charge in [0.05, 0.1) is 5.56 Å². The monoisotopic (exact) mass is 336 g/mol. The van der Waals surface area contributed by atoms with Crippen LogP contribution in [-0.4, -0.2) is 35.5 Å². The molecule has 0 bridgehead atoms. The molecule has 0 fully saturated rings. The van der Waals surface area contributed by atoms with Crippen molar-refractivity contribution in [2.45, 2.75) is 47.2 Å². The molecule has 7 heteroatoms. The standard InChI is InChI=1S/C17H28N4O3/c1-10(2)20-14(22)9-21-13(5)16(12(4)6-15(21)23)17(24)19-8-11(3)7-18/h6,10-11H,7-9,18H2,1-5H3,(H,19,24)(H,20,22). The van der Waals surface area contributed by atoms with Crippen LogP contribution in [0.2, 0.25) is 0 Å². The lowest BCUT2D eigenvalue weighted by atomic mass is 10.1. The van der Waals surface area contributed by atoms with Crippen molar-refractivity contribution in [3.8, 4) is 0 Å². The van der Waals surface area contributed by atoms with Gasteiger partial charge in [-0.05, 0) is 45.7 Å². The lowest BCUT2D eigenvalue weighted by Crippen LogP contribution is -2.38. The first-order chi connectivity index (χ1) is 11.2. The van der Waals surface area contributed by atoms with Crippen LogP contribution in [0.5, 0.6) is 0 Å². The molecule has 0 radical (unpaired) electrons. The number of carbonyl (C=O) groups is 2. The molecule has 0 aliphatic rings. The van der Waals surface area contributed by atoms with E-state index >= 15 is 0 Å². The van der Waals surface area contributed by atoms with Gasteiger partial charge in [-0.3, -0.25) is 14.4 Å². The molecular weight excluding hydrogens is 308 g/mol. The molecule has 1 aromatic heterocycles. The first-order valence-corrected chi connectivity index (χ1v) is 8.16. The summed E-state index contributed by atoms with van der Waals surface area (Å²) in [7, 11) is 0. The fourth-order valence-corrected chi connectivity index (χ4v) is 2.41. The summed E-state index contributed by atoms with van der Waals surface area (Å²) in [6.45, 7) is 9.86. The number of aromatic nitrogens is 1. The normalized spacial score (nSPS) is 12.1. The van der Waals surface area contributed by atoms with E-state index in [0.29, 0.717) is 29.9 Å². The highest BCUT2D eigenvalue weighted by atomic mass is 16.2. The molecule has 2 amide bonds. The van der Waals surface area contributed by atoms with Gasteiger partial charge in [0, 0.05) is 24.3 Å². The number of aryl methyl sites for hydroxylation is 1. The zero-order chi connectivity index (χ0) is 18.4. The highest BCUT2D eigenvalue weighted by Crippen LogP contribution is 2.11. The zero-order valence-electron chi connectivity index (χ0n) is 15.1. The fourth-order valence-electron chi connectivity index (χ4n) is 2.41. The van der Waals surface area contributed by atoms with Crippen LogP contribution >= 0.6 is 0 Å². The highest BCUT2D eigenvalue weighted by molar-refractivity contribution is 5.96. The third kappa shape index (κ3) is 5.19. The number of hydrogen-bond donors (Lipinski definition) is 3. The van der Waals surface area contributed by atoms with E-state index in [9.17, 15) is 14.4 Å². The quantitative estimate of drug-likeness (QED) is 0.666. The number of carbonyl (C=O) groups excluding carboxylic acids is 2. The largest absolute Gasteiger partial charge is 0.352 e. The topological polar surface area (TPSA) is 106 Å². The highest BCUT2D eigenvalue weighted by Gasteiger charge is 2.18. The van der Waals surface area contributed by atoms with Crippen molar-refractivity contribution in [2.75, 3.05) is 13.1 Å². The Morgan fingerprint density at radius 1 is 1.25 bits per heavy atom. The molecule has 1 aromatic rings. The lowest BCUT2D eigenvalue weighted by Gasteiger charge is -2.17. The predicted molar refractivity (Wildman–Crippen MR) is 94.0 cm³/mol. The van der Waals surface area contributed by atoms with E-state index in [2.05, 4.69) is 10.6 Å². The van der Waals surface area contributed by atoms with Crippen LogP contribution in [0, 0.1) is 19.8 Å². The number of amides is 2. The Kier molecular flexibility index (Phi) is 7.16. The Bertz CT molecular complexity index is 665. The maximum atomic E-state index is 12.5. The number of nitrogens with zero attached hydrogens (tertiary/aromatic N) is 1. The zero-order valence-corrected chi connectivity index (χ0v) is 15.1. The van der Waals surface area contributed by atoms with Crippen LogP contribution < -0.4 is 21.9 Å². The Morgan fingerprint density at radius 3 is 2.42 bits per heavy atom. The van der Waals surface area contributed by atoms with Crippen molar-refractivity contribution < 1.29 is 9.59 Å². The molecule has 1 rings (SSSR count). The number of nitrogens with two attached hydrogens (primary N) is 1. The van der Waals surface area contributed by atoms with Gasteiger partial charge in [0.1, 0.15) is 6.54 Å². The van der Waals surface area contributed by atoms with E-state index in [1.165, 1.54) is 10.6 Å². The van der Waals surface area contributed by atoms with Gasteiger partial charge in [-0.15, -0.1) is 0 Å². The SMILES string of the molecule is Cc1cc(=O)n(CC(=O)NC(C)C)c(C)c1C(=O)NCC(C)CN. The minimum absolute atomic E-state index is 0.0144. The molecule has 0 spiro atoms. The number of pyridine rings is 1. The first kappa shape index (κ1) is 19.9. The van der Waals surface area contributed by atoms with Crippen LogP contribution in [0.15, 0.2) is 10.9 Å². The van der Waals surface area contributed by atoms with Crippen LogP contribution in [-0.2, 0) is 11.3 Å². The summed E-state index contributed by atoms with van der Waals surface area (Å²) in [5, 5.41) is 5.57. The van der Waals surface area contributed by atoms with E-state index in [-0.39, 0.29) is 35.9 Å². The molecule has 0 saturated heterocycles. The summed E-state index contributed by atoms with van der Waals surface area (Å²) in [5.74, 6) is -0.359. The minimum Gasteiger partial charge on any atom is -0.352 e. The smallest absolute Gasteiger partial charge is 0.253 e. The summed E-state index contributed by atoms with van der Waals surface area (Å²) < 4.78 is 1.33. The average molecular weight is 336 g/mol. The van der Waals surface area contributed by atoms with Crippen molar-refractivity contribution in [1.29, 1.82) is 0 Å². The lowest BCUT2D eigenvalue weighted by molar-refractivity contribution is -0.122. The molecule has 1 atom stereocenters. The van der Waals surface area contributed by atoms with Crippen molar-refractivity contribution in [2.24, 2.45) is 11.7 Å². The molecule has 1 unspecified atom stereocenters. The van der Waals surface area contributed by atoms with Gasteiger partial charge in [0.15, 0.2) is 0 Å². The van der Waals surface area contributed by atoms with E-state index in [4.69, 9.17) is 5.73 Å². The van der Waals surface area contributed by atoms with Gasteiger partial charge < -0.3 is 20.9 Å². The molecule has 0 aromatic carbocycles. The van der Waals surface area contributed by atoms with Gasteiger partial charge in [-0.1, -0.05) is 6.92 Å². The van der Waals surface area contributed by atoms with Crippen molar-refractivity contribution in [1.82, 2.24) is 15.2 Å². The van der Waals surface area contributed by atoms with Crippen LogP contribution in [0.4, 0.5) is 0 Å². The summed E-state index contributed by atoms with van der Waals surface area (Å²) in [4.78, 5) is 36.6. The molecule has 24 heavy (non-hydrogen) atoms. The molecule has 1 heterocycles. The Balaban J connectivity index is 3.10. The molecule has 134 valence electrons. The molecule has 7 nitrogen and oxygen atoms in total. The van der Waals surface area contributed by atoms with Crippen LogP contribution in [0.25, 0.3) is 0 Å². The van der Waals surface area contributed by atoms with E-state index < -0.39 is 0 Å². The van der Waals surface area contributed by atoms with Crippen molar-refractivity contribution in [3.63, 3.8) is 0 Å². The van der Waals surface area contributed by atoms with E-state index in [1.54, 1.807) is 13.8 Å². The van der Waals surface area contributed by atoms with Gasteiger partial charge >= 0.3 is 0 Å². The van der Waals surface area contributed by atoms with E-state index in [0.717, 1.165) is 0 Å². The summed E-state index contributed by atoms with van der Waals surface area (Å²) in [6.07, 6.45) is 0. The summed E-state index contributed by atoms with van der Waals surface area (Å²) in [5.41, 5.74) is 6.76.